The Morgan fingerprint density at radius 3 is 1.91 bits per heavy atom. The third-order valence-electron chi connectivity index (χ3n) is 8.54. The van der Waals surface area contributed by atoms with Gasteiger partial charge in [0.05, 0.1) is 12.2 Å². The topological polar surface area (TPSA) is 12.5 Å². The first kappa shape index (κ1) is 24.0. The highest BCUT2D eigenvalue weighted by atomic mass is 19.4. The maximum Gasteiger partial charge on any atom is 0.419 e. The van der Waals surface area contributed by atoms with Gasteiger partial charge in [-0.1, -0.05) is 51.5 Å². The van der Waals surface area contributed by atoms with Crippen molar-refractivity contribution in [3.8, 4) is 0 Å². The summed E-state index contributed by atoms with van der Waals surface area (Å²) in [5.41, 5.74) is -0.300. The molecule has 1 heterocycles. The molecular weight excluding hydrogens is 416 g/mol. The molecule has 1 aromatic carbocycles. The molecule has 5 heteroatoms. The van der Waals surface area contributed by atoms with E-state index in [9.17, 15) is 17.6 Å². The van der Waals surface area contributed by atoms with E-state index in [4.69, 9.17) is 4.74 Å². The molecule has 0 N–H and O–H groups in total. The Hall–Kier alpha value is -1.10. The normalized spacial score (nSPS) is 31.0. The van der Waals surface area contributed by atoms with Crippen molar-refractivity contribution in [3.63, 3.8) is 0 Å². The predicted octanol–water partition coefficient (Wildman–Crippen LogP) is 8.57. The zero-order valence-corrected chi connectivity index (χ0v) is 19.6. The van der Waals surface area contributed by atoms with Gasteiger partial charge in [-0.3, -0.25) is 0 Å². The third-order valence-corrected chi connectivity index (χ3v) is 8.54. The molecule has 32 heavy (non-hydrogen) atoms. The minimum atomic E-state index is -4.68. The number of rotatable bonds is 7. The van der Waals surface area contributed by atoms with Gasteiger partial charge in [-0.2, -0.15) is 13.2 Å². The fourth-order valence-electron chi connectivity index (χ4n) is 6.59. The van der Waals surface area contributed by atoms with E-state index in [-0.39, 0.29) is 11.1 Å². The molecule has 1 aromatic rings. The fourth-order valence-corrected chi connectivity index (χ4v) is 6.59. The van der Waals surface area contributed by atoms with Crippen LogP contribution in [0.3, 0.4) is 0 Å². The Morgan fingerprint density at radius 2 is 1.44 bits per heavy atom. The number of halogens is 4. The van der Waals surface area contributed by atoms with Crippen molar-refractivity contribution in [1.82, 2.24) is 0 Å². The Bertz CT molecular complexity index is 767. The highest BCUT2D eigenvalue weighted by molar-refractivity contribution is 5.43. The molecule has 0 aromatic heterocycles. The van der Waals surface area contributed by atoms with Crippen LogP contribution < -0.4 is 0 Å². The van der Waals surface area contributed by atoms with E-state index < -0.39 is 23.7 Å². The number of epoxide rings is 1. The van der Waals surface area contributed by atoms with Gasteiger partial charge >= 0.3 is 6.18 Å². The third kappa shape index (κ3) is 5.51. The lowest BCUT2D eigenvalue weighted by Gasteiger charge is -2.38. The van der Waals surface area contributed by atoms with Gasteiger partial charge in [-0.25, -0.2) is 4.39 Å². The van der Waals surface area contributed by atoms with Gasteiger partial charge in [-0.15, -0.1) is 0 Å². The predicted molar refractivity (Wildman–Crippen MR) is 119 cm³/mol. The summed E-state index contributed by atoms with van der Waals surface area (Å²) in [6.45, 7) is 4.26. The second-order valence-electron chi connectivity index (χ2n) is 10.7. The molecule has 0 radical (unpaired) electrons. The van der Waals surface area contributed by atoms with Gasteiger partial charge < -0.3 is 4.74 Å². The van der Waals surface area contributed by atoms with E-state index in [0.29, 0.717) is 24.5 Å². The van der Waals surface area contributed by atoms with Crippen molar-refractivity contribution in [2.75, 3.05) is 6.61 Å². The molecular formula is C27H38F4O. The summed E-state index contributed by atoms with van der Waals surface area (Å²) >= 11 is 0. The van der Waals surface area contributed by atoms with E-state index in [0.717, 1.165) is 37.0 Å². The highest BCUT2D eigenvalue weighted by Crippen LogP contribution is 2.45. The zero-order chi connectivity index (χ0) is 22.9. The lowest BCUT2D eigenvalue weighted by molar-refractivity contribution is -0.140. The van der Waals surface area contributed by atoms with Gasteiger partial charge in [0.2, 0.25) is 0 Å². The van der Waals surface area contributed by atoms with E-state index in [1.165, 1.54) is 51.4 Å². The van der Waals surface area contributed by atoms with E-state index in [2.05, 4.69) is 6.92 Å². The van der Waals surface area contributed by atoms with Crippen LogP contribution in [0.25, 0.3) is 0 Å². The van der Waals surface area contributed by atoms with Gasteiger partial charge in [0.1, 0.15) is 11.9 Å². The van der Waals surface area contributed by atoms with Crippen LogP contribution in [0.4, 0.5) is 17.6 Å². The summed E-state index contributed by atoms with van der Waals surface area (Å²) in [6, 6.07) is 1.57. The van der Waals surface area contributed by atoms with Crippen LogP contribution in [-0.2, 0) is 17.3 Å². The van der Waals surface area contributed by atoms with E-state index >= 15 is 0 Å². The second kappa shape index (κ2) is 10.0. The van der Waals surface area contributed by atoms with Gasteiger partial charge in [0.25, 0.3) is 0 Å². The molecule has 180 valence electrons. The molecule has 1 nitrogen and oxygen atoms in total. The standard InChI is InChI=1S/C27H38F4O/c1-3-4-18-5-10-20(11-6-18)21-12-7-19(8-13-21)9-14-22-17(2)15-23(24-16-32-24)26(28)25(22)27(29,30)31/h15,18-21,24H,3-14,16H2,1-2H3. The lowest BCUT2D eigenvalue weighted by atomic mass is 9.68. The molecule has 3 fully saturated rings. The monoisotopic (exact) mass is 454 g/mol. The number of aryl methyl sites for hydroxylation is 1. The Kier molecular flexibility index (Phi) is 7.53. The molecule has 0 bridgehead atoms. The van der Waals surface area contributed by atoms with Crippen molar-refractivity contribution in [2.45, 2.75) is 103 Å². The first-order chi connectivity index (χ1) is 15.3. The number of benzene rings is 1. The largest absolute Gasteiger partial charge is 0.419 e. The average Bonchev–Trinajstić information content (AvgIpc) is 3.59. The summed E-state index contributed by atoms with van der Waals surface area (Å²) in [5.74, 6) is 1.92. The minimum absolute atomic E-state index is 0.0627. The number of alkyl halides is 3. The van der Waals surface area contributed by atoms with Gasteiger partial charge in [-0.05, 0) is 80.2 Å². The highest BCUT2D eigenvalue weighted by Gasteiger charge is 2.41. The Balaban J connectivity index is 1.34. The van der Waals surface area contributed by atoms with E-state index in [1.54, 1.807) is 13.0 Å². The van der Waals surface area contributed by atoms with Crippen LogP contribution in [0.1, 0.15) is 106 Å². The number of ether oxygens (including phenoxy) is 1. The first-order valence-corrected chi connectivity index (χ1v) is 12.8. The first-order valence-electron chi connectivity index (χ1n) is 12.8. The van der Waals surface area contributed by atoms with Gasteiger partial charge in [0.15, 0.2) is 0 Å². The quantitative estimate of drug-likeness (QED) is 0.297. The molecule has 1 atom stereocenters. The molecule has 3 aliphatic rings. The van der Waals surface area contributed by atoms with Crippen LogP contribution in [0.5, 0.6) is 0 Å². The molecule has 2 aliphatic carbocycles. The smallest absolute Gasteiger partial charge is 0.368 e. The second-order valence-corrected chi connectivity index (χ2v) is 10.7. The molecule has 1 aliphatic heterocycles. The fraction of sp³-hybridized carbons (Fsp3) is 0.778. The summed E-state index contributed by atoms with van der Waals surface area (Å²) in [6.07, 6.45) is 8.62. The number of hydrogen-bond acceptors (Lipinski definition) is 1. The van der Waals surface area contributed by atoms with Crippen molar-refractivity contribution >= 4 is 0 Å². The molecule has 0 amide bonds. The molecule has 0 spiro atoms. The maximum absolute atomic E-state index is 14.8. The van der Waals surface area contributed by atoms with Crippen LogP contribution >= 0.6 is 0 Å². The summed E-state index contributed by atoms with van der Waals surface area (Å²) in [7, 11) is 0. The lowest BCUT2D eigenvalue weighted by Crippen LogP contribution is -2.26. The van der Waals surface area contributed by atoms with Crippen molar-refractivity contribution in [3.05, 3.63) is 34.1 Å². The van der Waals surface area contributed by atoms with Crippen LogP contribution in [0.2, 0.25) is 0 Å². The average molecular weight is 455 g/mol. The Morgan fingerprint density at radius 1 is 0.906 bits per heavy atom. The van der Waals surface area contributed by atoms with Crippen LogP contribution in [-0.4, -0.2) is 6.61 Å². The summed E-state index contributed by atoms with van der Waals surface area (Å²) in [4.78, 5) is 0. The summed E-state index contributed by atoms with van der Waals surface area (Å²) in [5, 5.41) is 0. The molecule has 1 unspecified atom stereocenters. The molecule has 1 saturated heterocycles. The Labute approximate surface area is 190 Å². The SMILES string of the molecule is CCCC1CCC(C2CCC(CCc3c(C)cc(C4CO4)c(F)c3C(F)(F)F)CC2)CC1. The van der Waals surface area contributed by atoms with E-state index in [1.807, 2.05) is 0 Å². The zero-order valence-electron chi connectivity index (χ0n) is 19.6. The molecule has 4 rings (SSSR count). The van der Waals surface area contributed by atoms with Crippen molar-refractivity contribution in [2.24, 2.45) is 23.7 Å². The number of hydrogen-bond donors (Lipinski definition) is 0. The van der Waals surface area contributed by atoms with Crippen LogP contribution in [0, 0.1) is 36.4 Å². The minimum Gasteiger partial charge on any atom is -0.368 e. The maximum atomic E-state index is 14.8. The summed E-state index contributed by atoms with van der Waals surface area (Å²) < 4.78 is 61.2. The van der Waals surface area contributed by atoms with Crippen molar-refractivity contribution < 1.29 is 22.3 Å². The molecule has 2 saturated carbocycles. The van der Waals surface area contributed by atoms with Gasteiger partial charge in [0, 0.05) is 5.56 Å². The van der Waals surface area contributed by atoms with Crippen LogP contribution in [0.15, 0.2) is 6.07 Å². The van der Waals surface area contributed by atoms with Crippen molar-refractivity contribution in [1.29, 1.82) is 0 Å².